The maximum absolute atomic E-state index is 12.4. The Morgan fingerprint density at radius 3 is 2.79 bits per heavy atom. The van der Waals surface area contributed by atoms with Crippen LogP contribution in [0.4, 0.5) is 0 Å². The maximum Gasteiger partial charge on any atom is 0.226 e. The average molecular weight is 388 g/mol. The molecule has 1 amide bonds. The summed E-state index contributed by atoms with van der Waals surface area (Å²) in [6.45, 7) is 4.49. The fourth-order valence-corrected chi connectivity index (χ4v) is 3.31. The van der Waals surface area contributed by atoms with Crippen molar-refractivity contribution in [3.63, 3.8) is 0 Å². The molecule has 0 atom stereocenters. The maximum atomic E-state index is 12.4. The van der Waals surface area contributed by atoms with Crippen molar-refractivity contribution in [2.45, 2.75) is 33.1 Å². The van der Waals surface area contributed by atoms with Crippen LogP contribution in [-0.2, 0) is 24.1 Å². The number of hydrogen-bond donors (Lipinski definition) is 1. The van der Waals surface area contributed by atoms with E-state index in [2.05, 4.69) is 34.3 Å². The Bertz CT molecular complexity index is 1130. The number of carbonyl (C=O) groups is 1. The van der Waals surface area contributed by atoms with Gasteiger partial charge in [0, 0.05) is 24.7 Å². The lowest BCUT2D eigenvalue weighted by Crippen LogP contribution is -2.28. The van der Waals surface area contributed by atoms with Gasteiger partial charge in [0.1, 0.15) is 11.6 Å². The SMILES string of the molecule is CCc1ccc(-c2nc(CC(=O)NCCc3ncc4ccccn34)c(C)o2)cc1. The van der Waals surface area contributed by atoms with Crippen molar-refractivity contribution in [2.24, 2.45) is 0 Å². The summed E-state index contributed by atoms with van der Waals surface area (Å²) in [7, 11) is 0. The van der Waals surface area contributed by atoms with E-state index >= 15 is 0 Å². The molecule has 0 saturated heterocycles. The minimum atomic E-state index is -0.0739. The lowest BCUT2D eigenvalue weighted by Gasteiger charge is -2.04. The van der Waals surface area contributed by atoms with Gasteiger partial charge in [-0.3, -0.25) is 4.79 Å². The lowest BCUT2D eigenvalue weighted by atomic mass is 10.1. The zero-order valence-corrected chi connectivity index (χ0v) is 16.7. The van der Waals surface area contributed by atoms with Crippen LogP contribution in [0.2, 0.25) is 0 Å². The first-order chi connectivity index (χ1) is 14.1. The Morgan fingerprint density at radius 1 is 1.17 bits per heavy atom. The van der Waals surface area contributed by atoms with Gasteiger partial charge in [-0.05, 0) is 43.2 Å². The first-order valence-electron chi connectivity index (χ1n) is 9.87. The van der Waals surface area contributed by atoms with Crippen LogP contribution in [0.15, 0.2) is 59.3 Å². The van der Waals surface area contributed by atoms with E-state index in [-0.39, 0.29) is 12.3 Å². The van der Waals surface area contributed by atoms with E-state index in [0.29, 0.717) is 30.3 Å². The van der Waals surface area contributed by atoms with Crippen LogP contribution in [0.25, 0.3) is 17.0 Å². The van der Waals surface area contributed by atoms with E-state index in [4.69, 9.17) is 4.42 Å². The molecular weight excluding hydrogens is 364 g/mol. The van der Waals surface area contributed by atoms with Crippen LogP contribution in [0, 0.1) is 6.92 Å². The fourth-order valence-electron chi connectivity index (χ4n) is 3.31. The number of oxazole rings is 1. The van der Waals surface area contributed by atoms with E-state index in [9.17, 15) is 4.79 Å². The molecule has 148 valence electrons. The normalized spacial score (nSPS) is 11.1. The van der Waals surface area contributed by atoms with E-state index < -0.39 is 0 Å². The van der Waals surface area contributed by atoms with Crippen molar-refractivity contribution in [3.8, 4) is 11.5 Å². The highest BCUT2D eigenvalue weighted by atomic mass is 16.4. The molecule has 3 aromatic heterocycles. The number of benzene rings is 1. The molecule has 6 nitrogen and oxygen atoms in total. The van der Waals surface area contributed by atoms with E-state index in [0.717, 1.165) is 23.3 Å². The zero-order chi connectivity index (χ0) is 20.2. The number of fused-ring (bicyclic) bond motifs is 1. The Morgan fingerprint density at radius 2 is 2.00 bits per heavy atom. The van der Waals surface area contributed by atoms with Gasteiger partial charge < -0.3 is 14.1 Å². The van der Waals surface area contributed by atoms with E-state index in [1.54, 1.807) is 0 Å². The monoisotopic (exact) mass is 388 g/mol. The minimum absolute atomic E-state index is 0.0739. The Balaban J connectivity index is 1.35. The summed E-state index contributed by atoms with van der Waals surface area (Å²) in [6.07, 6.45) is 5.67. The Kier molecular flexibility index (Phi) is 5.42. The molecule has 0 saturated carbocycles. The van der Waals surface area contributed by atoms with Gasteiger partial charge in [0.25, 0.3) is 0 Å². The minimum Gasteiger partial charge on any atom is -0.441 e. The summed E-state index contributed by atoms with van der Waals surface area (Å²) in [5, 5.41) is 2.95. The van der Waals surface area contributed by atoms with Crippen LogP contribution < -0.4 is 5.32 Å². The molecule has 0 spiro atoms. The third-order valence-electron chi connectivity index (χ3n) is 5.02. The van der Waals surface area contributed by atoms with E-state index in [1.165, 1.54) is 5.56 Å². The standard InChI is InChI=1S/C23H24N4O2/c1-3-17-7-9-18(10-8-17)23-26-20(16(2)29-23)14-22(28)24-12-11-21-25-15-19-6-4-5-13-27(19)21/h4-10,13,15H,3,11-12,14H2,1-2H3,(H,24,28). The molecular formula is C23H24N4O2. The Hall–Kier alpha value is -3.41. The van der Waals surface area contributed by atoms with Gasteiger partial charge >= 0.3 is 0 Å². The predicted octanol–water partition coefficient (Wildman–Crippen LogP) is 3.76. The number of pyridine rings is 1. The molecule has 0 bridgehead atoms. The number of aryl methyl sites for hydroxylation is 2. The first-order valence-corrected chi connectivity index (χ1v) is 9.87. The average Bonchev–Trinajstić information content (AvgIpc) is 3.32. The van der Waals surface area contributed by atoms with Crippen LogP contribution in [0.3, 0.4) is 0 Å². The molecule has 0 aliphatic heterocycles. The van der Waals surface area contributed by atoms with E-state index in [1.807, 2.05) is 54.0 Å². The molecule has 3 heterocycles. The van der Waals surface area contributed by atoms with Gasteiger partial charge in [-0.15, -0.1) is 0 Å². The predicted molar refractivity (Wildman–Crippen MR) is 112 cm³/mol. The van der Waals surface area contributed by atoms with Gasteiger partial charge in [0.2, 0.25) is 11.8 Å². The summed E-state index contributed by atoms with van der Waals surface area (Å²) in [5.74, 6) is 2.08. The summed E-state index contributed by atoms with van der Waals surface area (Å²) >= 11 is 0. The molecule has 0 aliphatic carbocycles. The van der Waals surface area contributed by atoms with Crippen molar-refractivity contribution in [1.29, 1.82) is 0 Å². The zero-order valence-electron chi connectivity index (χ0n) is 16.7. The molecule has 0 unspecified atom stereocenters. The number of amides is 1. The molecule has 0 radical (unpaired) electrons. The highest BCUT2D eigenvalue weighted by Crippen LogP contribution is 2.22. The number of imidazole rings is 1. The third-order valence-corrected chi connectivity index (χ3v) is 5.02. The van der Waals surface area contributed by atoms with Crippen LogP contribution in [0.5, 0.6) is 0 Å². The number of aromatic nitrogens is 3. The first kappa shape index (κ1) is 18.9. The highest BCUT2D eigenvalue weighted by molar-refractivity contribution is 5.78. The number of carbonyl (C=O) groups excluding carboxylic acids is 1. The van der Waals surface area contributed by atoms with Crippen molar-refractivity contribution in [2.75, 3.05) is 6.54 Å². The third kappa shape index (κ3) is 4.21. The van der Waals surface area contributed by atoms with Gasteiger partial charge in [-0.2, -0.15) is 0 Å². The second-order valence-electron chi connectivity index (χ2n) is 7.02. The summed E-state index contributed by atoms with van der Waals surface area (Å²) < 4.78 is 7.81. The molecule has 1 aromatic carbocycles. The Labute approximate surface area is 169 Å². The van der Waals surface area contributed by atoms with Crippen LogP contribution in [0.1, 0.15) is 29.8 Å². The molecule has 4 rings (SSSR count). The quantitative estimate of drug-likeness (QED) is 0.523. The second-order valence-corrected chi connectivity index (χ2v) is 7.02. The highest BCUT2D eigenvalue weighted by Gasteiger charge is 2.15. The number of rotatable bonds is 7. The fraction of sp³-hybridized carbons (Fsp3) is 0.261. The van der Waals surface area contributed by atoms with Crippen molar-refractivity contribution >= 4 is 11.4 Å². The smallest absolute Gasteiger partial charge is 0.226 e. The molecule has 4 aromatic rings. The molecule has 6 heteroatoms. The van der Waals surface area contributed by atoms with Crippen LogP contribution >= 0.6 is 0 Å². The topological polar surface area (TPSA) is 72.4 Å². The van der Waals surface area contributed by atoms with Crippen LogP contribution in [-0.4, -0.2) is 26.8 Å². The molecule has 1 N–H and O–H groups in total. The molecule has 0 fully saturated rings. The van der Waals surface area contributed by atoms with Crippen molar-refractivity contribution in [3.05, 3.63) is 77.7 Å². The second kappa shape index (κ2) is 8.31. The van der Waals surface area contributed by atoms with Crippen molar-refractivity contribution in [1.82, 2.24) is 19.7 Å². The van der Waals surface area contributed by atoms with Gasteiger partial charge in [-0.25, -0.2) is 9.97 Å². The largest absolute Gasteiger partial charge is 0.441 e. The number of nitrogens with zero attached hydrogens (tertiary/aromatic N) is 3. The lowest BCUT2D eigenvalue weighted by molar-refractivity contribution is -0.120. The molecule has 29 heavy (non-hydrogen) atoms. The molecule has 0 aliphatic rings. The summed E-state index contributed by atoms with van der Waals surface area (Å²) in [4.78, 5) is 21.3. The summed E-state index contributed by atoms with van der Waals surface area (Å²) in [6, 6.07) is 14.1. The summed E-state index contributed by atoms with van der Waals surface area (Å²) in [5.41, 5.74) is 3.90. The number of hydrogen-bond acceptors (Lipinski definition) is 4. The van der Waals surface area contributed by atoms with Gasteiger partial charge in [0.05, 0.1) is 23.8 Å². The van der Waals surface area contributed by atoms with Crippen molar-refractivity contribution < 1.29 is 9.21 Å². The number of nitrogens with one attached hydrogen (secondary N) is 1. The van der Waals surface area contributed by atoms with Gasteiger partial charge in [0.15, 0.2) is 0 Å². The van der Waals surface area contributed by atoms with Gasteiger partial charge in [-0.1, -0.05) is 25.1 Å².